The van der Waals surface area contributed by atoms with Gasteiger partial charge in [-0.2, -0.15) is 0 Å². The van der Waals surface area contributed by atoms with Gasteiger partial charge in [-0.25, -0.2) is 0 Å². The number of carbonyl (C=O) groups excluding carboxylic acids is 3. The summed E-state index contributed by atoms with van der Waals surface area (Å²) in [5, 5.41) is 2.88. The maximum Gasteiger partial charge on any atom is 0.256 e. The third-order valence-electron chi connectivity index (χ3n) is 5.89. The van der Waals surface area contributed by atoms with E-state index in [0.29, 0.717) is 11.3 Å². The molecule has 0 saturated carbocycles. The first-order valence-electron chi connectivity index (χ1n) is 10.1. The van der Waals surface area contributed by atoms with Gasteiger partial charge in [-0.3, -0.25) is 14.4 Å². The highest BCUT2D eigenvalue weighted by Crippen LogP contribution is 2.48. The van der Waals surface area contributed by atoms with E-state index in [9.17, 15) is 14.4 Å². The molecule has 6 nitrogen and oxygen atoms in total. The van der Waals surface area contributed by atoms with Crippen LogP contribution in [-0.2, 0) is 9.59 Å². The van der Waals surface area contributed by atoms with Gasteiger partial charge < -0.3 is 15.1 Å². The van der Waals surface area contributed by atoms with Crippen LogP contribution in [0.15, 0.2) is 24.3 Å². The van der Waals surface area contributed by atoms with Gasteiger partial charge in [0, 0.05) is 24.4 Å². The zero-order valence-electron chi connectivity index (χ0n) is 16.4. The Labute approximate surface area is 170 Å². The van der Waals surface area contributed by atoms with Crippen LogP contribution in [0.3, 0.4) is 0 Å². The molecule has 3 aliphatic rings. The van der Waals surface area contributed by atoms with Crippen molar-refractivity contribution in [1.29, 1.82) is 0 Å². The minimum Gasteiger partial charge on any atom is -0.342 e. The predicted octanol–water partition coefficient (Wildman–Crippen LogP) is 2.41. The van der Waals surface area contributed by atoms with Gasteiger partial charge in [-0.05, 0) is 36.8 Å². The summed E-state index contributed by atoms with van der Waals surface area (Å²) in [6, 6.07) is 6.48. The molecule has 1 aromatic rings. The van der Waals surface area contributed by atoms with Crippen LogP contribution in [0, 0.1) is 5.92 Å². The molecule has 0 spiro atoms. The van der Waals surface area contributed by atoms with Crippen molar-refractivity contribution < 1.29 is 14.4 Å². The summed E-state index contributed by atoms with van der Waals surface area (Å²) >= 11 is 1.62. The summed E-state index contributed by atoms with van der Waals surface area (Å²) in [4.78, 5) is 42.5. The summed E-state index contributed by atoms with van der Waals surface area (Å²) in [5.41, 5.74) is 1.67. The van der Waals surface area contributed by atoms with Gasteiger partial charge in [0.25, 0.3) is 5.91 Å². The van der Waals surface area contributed by atoms with Crippen LogP contribution in [0.5, 0.6) is 0 Å². The normalized spacial score (nSPS) is 24.9. The number of benzene rings is 1. The average molecular weight is 402 g/mol. The maximum absolute atomic E-state index is 13.1. The first kappa shape index (κ1) is 19.3. The summed E-state index contributed by atoms with van der Waals surface area (Å²) in [5.74, 6) is 0.240. The molecule has 3 aliphatic heterocycles. The van der Waals surface area contributed by atoms with E-state index >= 15 is 0 Å². The molecular formula is C21H27N3O3S. The van der Waals surface area contributed by atoms with Crippen molar-refractivity contribution in [1.82, 2.24) is 15.1 Å². The fourth-order valence-corrected chi connectivity index (χ4v) is 5.78. The van der Waals surface area contributed by atoms with E-state index < -0.39 is 12.1 Å². The highest BCUT2D eigenvalue weighted by atomic mass is 32.2. The molecule has 28 heavy (non-hydrogen) atoms. The van der Waals surface area contributed by atoms with Crippen LogP contribution >= 0.6 is 11.8 Å². The maximum atomic E-state index is 13.1. The number of likely N-dealkylation sites (tertiary alicyclic amines) is 1. The van der Waals surface area contributed by atoms with Crippen molar-refractivity contribution >= 4 is 29.5 Å². The number of piperidine rings is 1. The van der Waals surface area contributed by atoms with Crippen LogP contribution in [0.4, 0.5) is 0 Å². The Morgan fingerprint density at radius 1 is 1.14 bits per heavy atom. The summed E-state index contributed by atoms with van der Waals surface area (Å²) in [6.45, 7) is 5.43. The summed E-state index contributed by atoms with van der Waals surface area (Å²) in [6.07, 6.45) is 3.19. The number of fused-ring (bicyclic) bond motifs is 3. The van der Waals surface area contributed by atoms with E-state index in [1.165, 1.54) is 0 Å². The second kappa shape index (κ2) is 7.78. The van der Waals surface area contributed by atoms with Crippen LogP contribution in [0.2, 0.25) is 0 Å². The first-order valence-corrected chi connectivity index (χ1v) is 11.2. The van der Waals surface area contributed by atoms with E-state index in [2.05, 4.69) is 5.32 Å². The molecule has 0 unspecified atom stereocenters. The number of amides is 3. The van der Waals surface area contributed by atoms with Gasteiger partial charge in [0.15, 0.2) is 0 Å². The number of hydrogen-bond acceptors (Lipinski definition) is 4. The summed E-state index contributed by atoms with van der Waals surface area (Å²) in [7, 11) is 0. The topological polar surface area (TPSA) is 69.7 Å². The Morgan fingerprint density at radius 2 is 1.86 bits per heavy atom. The third-order valence-corrected chi connectivity index (χ3v) is 7.20. The molecule has 1 N–H and O–H groups in total. The number of hydrogen-bond donors (Lipinski definition) is 1. The van der Waals surface area contributed by atoms with E-state index in [0.717, 1.165) is 37.9 Å². The van der Waals surface area contributed by atoms with Crippen molar-refractivity contribution in [3.05, 3.63) is 35.4 Å². The lowest BCUT2D eigenvalue weighted by atomic mass is 10.0. The molecule has 0 aliphatic carbocycles. The zero-order chi connectivity index (χ0) is 19.8. The summed E-state index contributed by atoms with van der Waals surface area (Å²) < 4.78 is 0. The van der Waals surface area contributed by atoms with Crippen molar-refractivity contribution in [2.45, 2.75) is 50.6 Å². The standard InChI is InChI=1S/C21H27N3O3S/c1-13(2)17(20(27)23-10-6-3-7-11-23)22-18(25)16-12-28-21-15-9-5-4-8-14(15)19(26)24(16)21/h4-5,8-9,13,16-17,21H,3,6-7,10-12H2,1-2H3,(H,22,25)/t16-,17-,21-/m0/s1. The molecule has 150 valence electrons. The van der Waals surface area contributed by atoms with Gasteiger partial charge in [-0.1, -0.05) is 32.0 Å². The molecular weight excluding hydrogens is 374 g/mol. The molecule has 0 aromatic heterocycles. The highest BCUT2D eigenvalue weighted by Gasteiger charge is 2.48. The van der Waals surface area contributed by atoms with Crippen LogP contribution in [-0.4, -0.2) is 58.4 Å². The minimum atomic E-state index is -0.547. The fraction of sp³-hybridized carbons (Fsp3) is 0.571. The molecule has 1 aromatic carbocycles. The molecule has 2 fully saturated rings. The van der Waals surface area contributed by atoms with Crippen molar-refractivity contribution in [2.75, 3.05) is 18.8 Å². The lowest BCUT2D eigenvalue weighted by Crippen LogP contribution is -2.56. The van der Waals surface area contributed by atoms with Gasteiger partial charge in [0.2, 0.25) is 11.8 Å². The Kier molecular flexibility index (Phi) is 5.36. The number of nitrogens with one attached hydrogen (secondary N) is 1. The van der Waals surface area contributed by atoms with Crippen molar-refractivity contribution in [3.63, 3.8) is 0 Å². The zero-order valence-corrected chi connectivity index (χ0v) is 17.2. The number of thioether (sulfide) groups is 1. The Morgan fingerprint density at radius 3 is 2.57 bits per heavy atom. The number of carbonyl (C=O) groups is 3. The van der Waals surface area contributed by atoms with Gasteiger partial charge >= 0.3 is 0 Å². The van der Waals surface area contributed by atoms with E-state index in [-0.39, 0.29) is 29.0 Å². The highest BCUT2D eigenvalue weighted by molar-refractivity contribution is 7.99. The Hall–Kier alpha value is -2.02. The molecule has 2 saturated heterocycles. The van der Waals surface area contributed by atoms with E-state index in [1.54, 1.807) is 16.7 Å². The van der Waals surface area contributed by atoms with Gasteiger partial charge in [-0.15, -0.1) is 11.8 Å². The van der Waals surface area contributed by atoms with Crippen molar-refractivity contribution in [2.24, 2.45) is 5.92 Å². The second-order valence-electron chi connectivity index (χ2n) is 8.12. The van der Waals surface area contributed by atoms with Gasteiger partial charge in [0.1, 0.15) is 17.5 Å². The Bertz CT molecular complexity index is 791. The lowest BCUT2D eigenvalue weighted by Gasteiger charge is -2.33. The third kappa shape index (κ3) is 3.30. The molecule has 3 amide bonds. The lowest BCUT2D eigenvalue weighted by molar-refractivity contribution is -0.139. The molecule has 3 heterocycles. The number of nitrogens with zero attached hydrogens (tertiary/aromatic N) is 2. The van der Waals surface area contributed by atoms with Crippen LogP contribution in [0.25, 0.3) is 0 Å². The fourth-order valence-electron chi connectivity index (χ4n) is 4.32. The monoisotopic (exact) mass is 401 g/mol. The van der Waals surface area contributed by atoms with Crippen LogP contribution in [0.1, 0.15) is 54.4 Å². The second-order valence-corrected chi connectivity index (χ2v) is 9.23. The molecule has 7 heteroatoms. The van der Waals surface area contributed by atoms with E-state index in [1.807, 2.05) is 43.0 Å². The first-order chi connectivity index (χ1) is 13.5. The predicted molar refractivity (Wildman–Crippen MR) is 109 cm³/mol. The SMILES string of the molecule is CC(C)[C@H](NC(=O)[C@@H]1CS[C@H]2c3ccccc3C(=O)N12)C(=O)N1CCCCC1. The quantitative estimate of drug-likeness (QED) is 0.841. The largest absolute Gasteiger partial charge is 0.342 e. The Balaban J connectivity index is 1.48. The molecule has 3 atom stereocenters. The molecule has 0 bridgehead atoms. The minimum absolute atomic E-state index is 0.00119. The smallest absolute Gasteiger partial charge is 0.256 e. The number of rotatable bonds is 4. The van der Waals surface area contributed by atoms with E-state index in [4.69, 9.17) is 0 Å². The molecule has 0 radical (unpaired) electrons. The van der Waals surface area contributed by atoms with Crippen LogP contribution < -0.4 is 5.32 Å². The van der Waals surface area contributed by atoms with Crippen molar-refractivity contribution in [3.8, 4) is 0 Å². The molecule has 4 rings (SSSR count). The van der Waals surface area contributed by atoms with Gasteiger partial charge in [0.05, 0.1) is 0 Å². The average Bonchev–Trinajstić information content (AvgIpc) is 3.26.